The number of hydrogen-bond donors (Lipinski definition) is 2. The standard InChI is InChI=1S/C24H33FN4O5/c1-23(2,3)34-22(31)28-9-8-20(18(25)13-28)33-19-7-6-15(10-17(19)21(26)30)16-11-27-29(12-16)14-24(4,5)32/h6-7,10-12,18,20,32H,8-9,13-14H2,1-5H3,(H2,26,30)/t18-,20-/m1/s1. The summed E-state index contributed by atoms with van der Waals surface area (Å²) in [5.74, 6) is -0.527. The number of nitrogens with two attached hydrogens (primary N) is 1. The number of aliphatic hydroxyl groups is 1. The van der Waals surface area contributed by atoms with Crippen molar-refractivity contribution >= 4 is 12.0 Å². The molecule has 10 heteroatoms. The molecular weight excluding hydrogens is 443 g/mol. The molecule has 1 aliphatic heterocycles. The van der Waals surface area contributed by atoms with Crippen molar-refractivity contribution in [2.75, 3.05) is 13.1 Å². The average molecular weight is 477 g/mol. The lowest BCUT2D eigenvalue weighted by Gasteiger charge is -2.35. The van der Waals surface area contributed by atoms with Crippen LogP contribution < -0.4 is 10.5 Å². The lowest BCUT2D eigenvalue weighted by Crippen LogP contribution is -2.50. The van der Waals surface area contributed by atoms with E-state index in [0.717, 1.165) is 5.56 Å². The molecule has 0 saturated carbocycles. The third kappa shape index (κ3) is 6.69. The Balaban J connectivity index is 1.72. The van der Waals surface area contributed by atoms with Gasteiger partial charge in [-0.1, -0.05) is 6.07 Å². The summed E-state index contributed by atoms with van der Waals surface area (Å²) in [4.78, 5) is 25.7. The molecule has 2 heterocycles. The number of alkyl halides is 1. The topological polar surface area (TPSA) is 120 Å². The van der Waals surface area contributed by atoms with Crippen LogP contribution in [0.15, 0.2) is 30.6 Å². The number of aromatic nitrogens is 2. The van der Waals surface area contributed by atoms with Crippen molar-refractivity contribution in [3.05, 3.63) is 36.2 Å². The molecule has 1 fully saturated rings. The normalized spacial score (nSPS) is 19.1. The van der Waals surface area contributed by atoms with Crippen LogP contribution in [0.3, 0.4) is 0 Å². The molecule has 0 aliphatic carbocycles. The van der Waals surface area contributed by atoms with Gasteiger partial charge in [0.2, 0.25) is 0 Å². The molecule has 0 unspecified atom stereocenters. The maximum atomic E-state index is 14.9. The number of rotatable bonds is 6. The number of carbonyl (C=O) groups is 2. The molecular formula is C24H33FN4O5. The Morgan fingerprint density at radius 3 is 2.53 bits per heavy atom. The molecule has 1 aliphatic rings. The Morgan fingerprint density at radius 1 is 1.24 bits per heavy atom. The molecule has 34 heavy (non-hydrogen) atoms. The third-order valence-electron chi connectivity index (χ3n) is 5.17. The minimum absolute atomic E-state index is 0.120. The maximum absolute atomic E-state index is 14.9. The van der Waals surface area contributed by atoms with Gasteiger partial charge in [0.25, 0.3) is 5.91 Å². The first-order chi connectivity index (χ1) is 15.7. The lowest BCUT2D eigenvalue weighted by molar-refractivity contribution is -0.0106. The van der Waals surface area contributed by atoms with Gasteiger partial charge in [0.1, 0.15) is 17.5 Å². The summed E-state index contributed by atoms with van der Waals surface area (Å²) in [5, 5.41) is 14.2. The van der Waals surface area contributed by atoms with Crippen LogP contribution in [0.2, 0.25) is 0 Å². The molecule has 1 aromatic heterocycles. The Morgan fingerprint density at radius 2 is 1.94 bits per heavy atom. The van der Waals surface area contributed by atoms with Gasteiger partial charge in [-0.05, 0) is 52.3 Å². The maximum Gasteiger partial charge on any atom is 0.410 e. The van der Waals surface area contributed by atoms with Gasteiger partial charge in [-0.15, -0.1) is 0 Å². The summed E-state index contributed by atoms with van der Waals surface area (Å²) in [6, 6.07) is 4.89. The van der Waals surface area contributed by atoms with Gasteiger partial charge >= 0.3 is 6.09 Å². The molecule has 2 aromatic rings. The van der Waals surface area contributed by atoms with Gasteiger partial charge in [-0.2, -0.15) is 5.10 Å². The zero-order valence-corrected chi connectivity index (χ0v) is 20.2. The van der Waals surface area contributed by atoms with Gasteiger partial charge in [0, 0.05) is 24.7 Å². The Labute approximate surface area is 198 Å². The van der Waals surface area contributed by atoms with Crippen molar-refractivity contribution in [1.82, 2.24) is 14.7 Å². The number of hydrogen-bond acceptors (Lipinski definition) is 6. The van der Waals surface area contributed by atoms with E-state index in [2.05, 4.69) is 5.10 Å². The molecule has 1 aromatic carbocycles. The molecule has 3 rings (SSSR count). The molecule has 0 spiro atoms. The fourth-order valence-electron chi connectivity index (χ4n) is 3.67. The van der Waals surface area contributed by atoms with E-state index in [4.69, 9.17) is 15.2 Å². The predicted molar refractivity (Wildman–Crippen MR) is 124 cm³/mol. The average Bonchev–Trinajstić information content (AvgIpc) is 3.14. The monoisotopic (exact) mass is 476 g/mol. The van der Waals surface area contributed by atoms with Crippen LogP contribution in [0.1, 0.15) is 51.4 Å². The van der Waals surface area contributed by atoms with Gasteiger partial charge in [0.15, 0.2) is 6.17 Å². The highest BCUT2D eigenvalue weighted by Crippen LogP contribution is 2.30. The fourth-order valence-corrected chi connectivity index (χ4v) is 3.67. The molecule has 0 bridgehead atoms. The summed E-state index contributed by atoms with van der Waals surface area (Å²) in [5.41, 5.74) is 5.51. The smallest absolute Gasteiger partial charge is 0.410 e. The minimum atomic E-state index is -1.46. The van der Waals surface area contributed by atoms with Crippen LogP contribution in [0.25, 0.3) is 11.1 Å². The molecule has 2 amide bonds. The second kappa shape index (κ2) is 9.61. The van der Waals surface area contributed by atoms with Gasteiger partial charge in [0.05, 0.1) is 30.5 Å². The number of ether oxygens (including phenoxy) is 2. The number of nitrogens with zero attached hydrogens (tertiary/aromatic N) is 3. The first-order valence-corrected chi connectivity index (χ1v) is 11.2. The summed E-state index contributed by atoms with van der Waals surface area (Å²) in [7, 11) is 0. The Hall–Kier alpha value is -3.14. The van der Waals surface area contributed by atoms with Crippen LogP contribution in [0.5, 0.6) is 5.75 Å². The first-order valence-electron chi connectivity index (χ1n) is 11.2. The number of carbonyl (C=O) groups excluding carboxylic acids is 2. The van der Waals surface area contributed by atoms with Gasteiger partial charge < -0.3 is 25.2 Å². The zero-order valence-electron chi connectivity index (χ0n) is 20.2. The molecule has 186 valence electrons. The highest BCUT2D eigenvalue weighted by atomic mass is 19.1. The quantitative estimate of drug-likeness (QED) is 0.661. The largest absolute Gasteiger partial charge is 0.486 e. The van der Waals surface area contributed by atoms with E-state index in [-0.39, 0.29) is 30.8 Å². The summed E-state index contributed by atoms with van der Waals surface area (Å²) in [6.45, 7) is 9.03. The van der Waals surface area contributed by atoms with E-state index in [1.54, 1.807) is 69.9 Å². The minimum Gasteiger partial charge on any atom is -0.486 e. The molecule has 1 saturated heterocycles. The number of benzene rings is 1. The Kier molecular flexibility index (Phi) is 7.21. The summed E-state index contributed by atoms with van der Waals surface area (Å²) < 4.78 is 27.6. The van der Waals surface area contributed by atoms with E-state index in [1.807, 2.05) is 0 Å². The van der Waals surface area contributed by atoms with Crippen LogP contribution >= 0.6 is 0 Å². The summed E-state index contributed by atoms with van der Waals surface area (Å²) in [6.07, 6.45) is 0.753. The third-order valence-corrected chi connectivity index (χ3v) is 5.17. The molecule has 0 radical (unpaired) electrons. The lowest BCUT2D eigenvalue weighted by atomic mass is 10.0. The van der Waals surface area contributed by atoms with Crippen molar-refractivity contribution in [3.8, 4) is 16.9 Å². The second-order valence-corrected chi connectivity index (χ2v) is 10.2. The van der Waals surface area contributed by atoms with Crippen LogP contribution in [0.4, 0.5) is 9.18 Å². The summed E-state index contributed by atoms with van der Waals surface area (Å²) >= 11 is 0. The number of primary amides is 1. The van der Waals surface area contributed by atoms with Crippen molar-refractivity contribution in [2.45, 2.75) is 71.1 Å². The first kappa shape index (κ1) is 25.5. The van der Waals surface area contributed by atoms with E-state index in [1.165, 1.54) is 4.90 Å². The zero-order chi connectivity index (χ0) is 25.3. The van der Waals surface area contributed by atoms with E-state index in [9.17, 15) is 19.1 Å². The van der Waals surface area contributed by atoms with E-state index >= 15 is 0 Å². The van der Waals surface area contributed by atoms with E-state index in [0.29, 0.717) is 12.1 Å². The van der Waals surface area contributed by atoms with Crippen molar-refractivity contribution in [3.63, 3.8) is 0 Å². The Bertz CT molecular complexity index is 1040. The van der Waals surface area contributed by atoms with Crippen LogP contribution in [0, 0.1) is 0 Å². The molecule has 9 nitrogen and oxygen atoms in total. The van der Waals surface area contributed by atoms with E-state index < -0.39 is 35.5 Å². The highest BCUT2D eigenvalue weighted by Gasteiger charge is 2.35. The van der Waals surface area contributed by atoms with Crippen molar-refractivity contribution in [1.29, 1.82) is 0 Å². The van der Waals surface area contributed by atoms with Crippen LogP contribution in [-0.4, -0.2) is 68.4 Å². The van der Waals surface area contributed by atoms with Crippen LogP contribution in [-0.2, 0) is 11.3 Å². The number of likely N-dealkylation sites (tertiary alicyclic amines) is 1. The highest BCUT2D eigenvalue weighted by molar-refractivity contribution is 5.97. The SMILES string of the molecule is CC(C)(O)Cn1cc(-c2ccc(O[C@@H]3CCN(C(=O)OC(C)(C)C)C[C@H]3F)c(C(N)=O)c2)cn1. The predicted octanol–water partition coefficient (Wildman–Crippen LogP) is 3.15. The van der Waals surface area contributed by atoms with Gasteiger partial charge in [-0.3, -0.25) is 9.48 Å². The fraction of sp³-hybridized carbons (Fsp3) is 0.542. The van der Waals surface area contributed by atoms with Crippen molar-refractivity contribution in [2.24, 2.45) is 5.73 Å². The van der Waals surface area contributed by atoms with Gasteiger partial charge in [-0.25, -0.2) is 9.18 Å². The second-order valence-electron chi connectivity index (χ2n) is 10.2. The number of amides is 2. The van der Waals surface area contributed by atoms with Crippen molar-refractivity contribution < 1.29 is 28.6 Å². The number of halogens is 1. The molecule has 3 N–H and O–H groups in total. The molecule has 2 atom stereocenters. The number of piperidine rings is 1.